The van der Waals surface area contributed by atoms with Gasteiger partial charge in [0.2, 0.25) is 0 Å². The Kier molecular flexibility index (Phi) is 5.46. The second-order valence-corrected chi connectivity index (χ2v) is 23.4. The zero-order chi connectivity index (χ0) is 6.62. The zero-order valence-electron chi connectivity index (χ0n) is 4.46. The van der Waals surface area contributed by atoms with Crippen LogP contribution in [-0.4, -0.2) is 6.61 Å². The third-order valence-corrected chi connectivity index (χ3v) is 5.06. The quantitative estimate of drug-likeness (QED) is 0.716. The molecule has 0 aromatic rings. The molecule has 0 radical (unpaired) electrons. The predicted molar refractivity (Wildman–Crippen MR) is 33.8 cm³/mol. The van der Waals surface area contributed by atoms with Gasteiger partial charge in [0.25, 0.3) is 0 Å². The molecule has 0 aliphatic heterocycles. The van der Waals surface area contributed by atoms with Gasteiger partial charge in [-0.3, -0.25) is 0 Å². The van der Waals surface area contributed by atoms with Gasteiger partial charge >= 0.3 is 65.4 Å². The van der Waals surface area contributed by atoms with Crippen molar-refractivity contribution in [1.29, 1.82) is 0 Å². The molecular weight excluding hydrogens is 337 g/mol. The van der Waals surface area contributed by atoms with Crippen molar-refractivity contribution < 1.29 is 19.7 Å². The number of rotatable bonds is 3. The van der Waals surface area contributed by atoms with E-state index in [4.69, 9.17) is 28.6 Å². The van der Waals surface area contributed by atoms with Crippen molar-refractivity contribution in [1.82, 2.24) is 0 Å². The predicted octanol–water partition coefficient (Wildman–Crippen LogP) is 2.94. The summed E-state index contributed by atoms with van der Waals surface area (Å²) in [6.45, 7) is 2.56. The summed E-state index contributed by atoms with van der Waals surface area (Å²) in [5.41, 5.74) is 0. The van der Waals surface area contributed by atoms with E-state index in [0.717, 1.165) is 6.42 Å². The van der Waals surface area contributed by atoms with E-state index in [2.05, 4.69) is 0 Å². The van der Waals surface area contributed by atoms with Gasteiger partial charge < -0.3 is 0 Å². The van der Waals surface area contributed by atoms with Crippen LogP contribution < -0.4 is 0 Å². The van der Waals surface area contributed by atoms with Crippen molar-refractivity contribution in [2.75, 3.05) is 6.61 Å². The van der Waals surface area contributed by atoms with E-state index in [-0.39, 0.29) is 0 Å². The molecule has 1 nitrogen and oxygen atoms in total. The standard InChI is InChI=1S/C3H7O.3ClH.Hf/c1-2-3-4;;;;/h2-3H2,1H3;3*1H;/q-1;;;;+4/p-3. The van der Waals surface area contributed by atoms with Crippen molar-refractivity contribution in [3.63, 3.8) is 0 Å². The van der Waals surface area contributed by atoms with Crippen molar-refractivity contribution >= 4 is 25.7 Å². The molecule has 8 heavy (non-hydrogen) atoms. The topological polar surface area (TPSA) is 9.23 Å². The zero-order valence-corrected chi connectivity index (χ0v) is 10.3. The average molecular weight is 344 g/mol. The van der Waals surface area contributed by atoms with Crippen molar-refractivity contribution in [2.45, 2.75) is 13.3 Å². The fourth-order valence-corrected chi connectivity index (χ4v) is 3.68. The first kappa shape index (κ1) is 9.70. The third-order valence-electron chi connectivity index (χ3n) is 0.470. The van der Waals surface area contributed by atoms with Crippen LogP contribution in [0.4, 0.5) is 0 Å². The molecule has 0 saturated carbocycles. The molecule has 0 fully saturated rings. The summed E-state index contributed by atoms with van der Waals surface area (Å²) in [5, 5.41) is 0. The fourth-order valence-electron chi connectivity index (χ4n) is 0.218. The van der Waals surface area contributed by atoms with Gasteiger partial charge in [0.05, 0.1) is 0 Å². The van der Waals surface area contributed by atoms with Gasteiger partial charge in [0.1, 0.15) is 0 Å². The van der Waals surface area contributed by atoms with Crippen LogP contribution >= 0.6 is 25.7 Å². The summed E-state index contributed by atoms with van der Waals surface area (Å²) < 4.78 is 4.90. The molecule has 0 rings (SSSR count). The minimum atomic E-state index is -3.50. The second-order valence-electron chi connectivity index (χ2n) is 1.29. The molecule has 0 unspecified atom stereocenters. The Morgan fingerprint density at radius 2 is 1.88 bits per heavy atom. The molecule has 0 aliphatic rings. The fraction of sp³-hybridized carbons (Fsp3) is 1.00. The molecule has 0 bridgehead atoms. The molecule has 0 spiro atoms. The van der Waals surface area contributed by atoms with E-state index < -0.39 is 16.9 Å². The molecule has 0 N–H and O–H groups in total. The molecule has 5 heteroatoms. The second kappa shape index (κ2) is 4.51. The van der Waals surface area contributed by atoms with Crippen LogP contribution in [0.2, 0.25) is 0 Å². The van der Waals surface area contributed by atoms with E-state index in [1.54, 1.807) is 0 Å². The van der Waals surface area contributed by atoms with Gasteiger partial charge in [-0.1, -0.05) is 0 Å². The Morgan fingerprint density at radius 1 is 1.38 bits per heavy atom. The van der Waals surface area contributed by atoms with Crippen LogP contribution in [0.1, 0.15) is 13.3 Å². The van der Waals surface area contributed by atoms with Gasteiger partial charge in [0, 0.05) is 0 Å². The first-order valence-corrected chi connectivity index (χ1v) is 17.1. The third kappa shape index (κ3) is 7.70. The molecule has 0 atom stereocenters. The summed E-state index contributed by atoms with van der Waals surface area (Å²) >= 11 is -3.50. The Labute approximate surface area is 64.9 Å². The first-order chi connectivity index (χ1) is 3.56. The van der Waals surface area contributed by atoms with Crippen molar-refractivity contribution in [3.05, 3.63) is 0 Å². The summed E-state index contributed by atoms with van der Waals surface area (Å²) in [6, 6.07) is 0. The van der Waals surface area contributed by atoms with Crippen molar-refractivity contribution in [3.8, 4) is 0 Å². The maximum absolute atomic E-state index is 5.44. The van der Waals surface area contributed by atoms with Gasteiger partial charge in [-0.2, -0.15) is 0 Å². The number of halogens is 3. The van der Waals surface area contributed by atoms with E-state index in [1.807, 2.05) is 6.92 Å². The molecule has 50 valence electrons. The Balaban J connectivity index is 3.11. The van der Waals surface area contributed by atoms with Crippen LogP contribution in [0.5, 0.6) is 0 Å². The van der Waals surface area contributed by atoms with Crippen molar-refractivity contribution in [2.24, 2.45) is 0 Å². The number of hydrogen-bond donors (Lipinski definition) is 0. The Hall–Kier alpha value is 1.70. The molecular formula is C3H7Cl3HfO. The summed E-state index contributed by atoms with van der Waals surface area (Å²) in [7, 11) is 16.3. The van der Waals surface area contributed by atoms with Crippen LogP contribution in [-0.2, 0) is 19.7 Å². The molecule has 0 aromatic heterocycles. The van der Waals surface area contributed by atoms with Gasteiger partial charge in [0.15, 0.2) is 0 Å². The molecule has 0 saturated heterocycles. The monoisotopic (exact) mass is 344 g/mol. The normalized spacial score (nSPS) is 12.0. The first-order valence-electron chi connectivity index (χ1n) is 2.27. The van der Waals surface area contributed by atoms with E-state index >= 15 is 0 Å². The maximum atomic E-state index is 5.44. The minimum absolute atomic E-state index is 0.581. The van der Waals surface area contributed by atoms with E-state index in [1.165, 1.54) is 0 Å². The van der Waals surface area contributed by atoms with Gasteiger partial charge in [-0.15, -0.1) is 0 Å². The number of hydrogen-bond acceptors (Lipinski definition) is 1. The summed E-state index contributed by atoms with van der Waals surface area (Å²) in [5.74, 6) is 0. The van der Waals surface area contributed by atoms with Crippen LogP contribution in [0.3, 0.4) is 0 Å². The molecule has 0 aliphatic carbocycles. The summed E-state index contributed by atoms with van der Waals surface area (Å²) in [4.78, 5) is 0. The van der Waals surface area contributed by atoms with Gasteiger partial charge in [-0.25, -0.2) is 0 Å². The average Bonchev–Trinajstić information content (AvgIpc) is 1.59. The summed E-state index contributed by atoms with van der Waals surface area (Å²) in [6.07, 6.45) is 0.911. The van der Waals surface area contributed by atoms with E-state index in [0.29, 0.717) is 6.61 Å². The van der Waals surface area contributed by atoms with Crippen LogP contribution in [0.15, 0.2) is 0 Å². The van der Waals surface area contributed by atoms with E-state index in [9.17, 15) is 0 Å². The molecule has 0 aromatic carbocycles. The Morgan fingerprint density at radius 3 is 2.00 bits per heavy atom. The Bertz CT molecular complexity index is 62.0. The van der Waals surface area contributed by atoms with Crippen LogP contribution in [0.25, 0.3) is 0 Å². The molecule has 0 heterocycles. The molecule has 0 amide bonds. The van der Waals surface area contributed by atoms with Gasteiger partial charge in [-0.05, 0) is 0 Å². The van der Waals surface area contributed by atoms with Crippen LogP contribution in [0, 0.1) is 0 Å². The SMILES string of the molecule is CCC[O][Hf]([Cl])([Cl])[Cl].